The van der Waals surface area contributed by atoms with E-state index in [1.807, 2.05) is 24.7 Å². The first-order valence-electron chi connectivity index (χ1n) is 12.8. The van der Waals surface area contributed by atoms with Gasteiger partial charge in [-0.05, 0) is 43.0 Å². The molecule has 1 aromatic carbocycles. The fourth-order valence-corrected chi connectivity index (χ4v) is 4.90. The first-order valence-corrected chi connectivity index (χ1v) is 12.8. The quantitative estimate of drug-likeness (QED) is 0.231. The number of nitrogens with zero attached hydrogens (tertiary/aromatic N) is 7. The van der Waals surface area contributed by atoms with Crippen LogP contribution in [0.5, 0.6) is 11.8 Å². The number of hydrogen-bond donors (Lipinski definition) is 0. The van der Waals surface area contributed by atoms with E-state index in [-0.39, 0.29) is 29.8 Å². The second-order valence-electron chi connectivity index (χ2n) is 10.1. The highest BCUT2D eigenvalue weighted by atomic mass is 19.4. The van der Waals surface area contributed by atoms with E-state index in [4.69, 9.17) is 19.4 Å². The van der Waals surface area contributed by atoms with Crippen LogP contribution in [0.15, 0.2) is 36.9 Å². The number of halogens is 4. The third-order valence-electron chi connectivity index (χ3n) is 7.01. The normalized spacial score (nSPS) is 13.7. The third kappa shape index (κ3) is 4.85. The first kappa shape index (κ1) is 26.7. The summed E-state index contributed by atoms with van der Waals surface area (Å²) in [4.78, 5) is 21.9. The smallest absolute Gasteiger partial charge is 0.434 e. The maximum atomic E-state index is 15.1. The molecule has 1 saturated carbocycles. The summed E-state index contributed by atoms with van der Waals surface area (Å²) in [6.45, 7) is 1.87. The molecule has 1 fully saturated rings. The molecule has 0 unspecified atom stereocenters. The van der Waals surface area contributed by atoms with Crippen LogP contribution in [0.3, 0.4) is 0 Å². The number of hydrogen-bond acceptors (Lipinski definition) is 7. The fraction of sp³-hybridized carbons (Fsp3) is 0.321. The molecule has 212 valence electrons. The second kappa shape index (κ2) is 9.82. The van der Waals surface area contributed by atoms with Gasteiger partial charge in [-0.3, -0.25) is 0 Å². The first-order chi connectivity index (χ1) is 19.5. The average molecular weight is 568 g/mol. The molecule has 13 heteroatoms. The predicted molar refractivity (Wildman–Crippen MR) is 141 cm³/mol. The van der Waals surface area contributed by atoms with Gasteiger partial charge in [-0.1, -0.05) is 6.07 Å². The van der Waals surface area contributed by atoms with Crippen molar-refractivity contribution in [2.45, 2.75) is 38.5 Å². The summed E-state index contributed by atoms with van der Waals surface area (Å²) in [6, 6.07) is 4.18. The Kier molecular flexibility index (Phi) is 6.39. The van der Waals surface area contributed by atoms with Crippen LogP contribution in [0.25, 0.3) is 33.8 Å². The van der Waals surface area contributed by atoms with Gasteiger partial charge < -0.3 is 18.6 Å². The van der Waals surface area contributed by atoms with Crippen LogP contribution >= 0.6 is 0 Å². The minimum atomic E-state index is -4.63. The van der Waals surface area contributed by atoms with Crippen molar-refractivity contribution >= 4 is 11.0 Å². The molecule has 0 radical (unpaired) electrons. The van der Waals surface area contributed by atoms with Gasteiger partial charge in [0, 0.05) is 32.4 Å². The molecule has 1 aliphatic rings. The largest absolute Gasteiger partial charge is 0.480 e. The molecule has 4 heterocycles. The summed E-state index contributed by atoms with van der Waals surface area (Å²) in [5, 5.41) is 0. The van der Waals surface area contributed by atoms with E-state index >= 15 is 4.39 Å². The van der Waals surface area contributed by atoms with Crippen molar-refractivity contribution in [1.82, 2.24) is 34.1 Å². The molecule has 0 aliphatic heterocycles. The SMILES string of the molecule is COc1ncnc(C2CC2)c1-c1nc(OCc2ccc(-c3nc(C(F)(F)F)cn3C)c(F)c2)c2c(n1)c(C)cn2C. The van der Waals surface area contributed by atoms with Gasteiger partial charge in [0.15, 0.2) is 11.5 Å². The van der Waals surface area contributed by atoms with Gasteiger partial charge >= 0.3 is 6.18 Å². The number of methoxy groups -OCH3 is 1. The third-order valence-corrected chi connectivity index (χ3v) is 7.01. The number of aryl methyl sites for hydroxylation is 3. The van der Waals surface area contributed by atoms with Crippen LogP contribution in [0, 0.1) is 12.7 Å². The molecule has 0 N–H and O–H groups in total. The van der Waals surface area contributed by atoms with Crippen LogP contribution in [0.4, 0.5) is 17.6 Å². The van der Waals surface area contributed by atoms with E-state index in [0.717, 1.165) is 34.9 Å². The van der Waals surface area contributed by atoms with Crippen molar-refractivity contribution in [2.75, 3.05) is 7.11 Å². The molecule has 0 amide bonds. The van der Waals surface area contributed by atoms with Gasteiger partial charge in [-0.15, -0.1) is 0 Å². The van der Waals surface area contributed by atoms with Crippen LogP contribution in [-0.2, 0) is 26.9 Å². The lowest BCUT2D eigenvalue weighted by atomic mass is 10.1. The van der Waals surface area contributed by atoms with Crippen molar-refractivity contribution in [3.05, 3.63) is 65.3 Å². The Hall–Kier alpha value is -4.55. The number of benzene rings is 1. The van der Waals surface area contributed by atoms with E-state index in [0.29, 0.717) is 33.9 Å². The van der Waals surface area contributed by atoms with E-state index in [9.17, 15) is 13.2 Å². The monoisotopic (exact) mass is 567 g/mol. The molecular formula is C28H25F4N7O2. The van der Waals surface area contributed by atoms with Gasteiger partial charge in [0.1, 0.15) is 35.7 Å². The number of rotatable bonds is 7. The topological polar surface area (TPSA) is 92.8 Å². The predicted octanol–water partition coefficient (Wildman–Crippen LogP) is 5.76. The molecule has 0 atom stereocenters. The molecule has 6 rings (SSSR count). The highest BCUT2D eigenvalue weighted by molar-refractivity contribution is 5.86. The summed E-state index contributed by atoms with van der Waals surface area (Å²) >= 11 is 0. The zero-order chi connectivity index (χ0) is 29.1. The maximum Gasteiger partial charge on any atom is 0.434 e. The van der Waals surface area contributed by atoms with Crippen molar-refractivity contribution in [3.8, 4) is 34.5 Å². The second-order valence-corrected chi connectivity index (χ2v) is 10.1. The van der Waals surface area contributed by atoms with Gasteiger partial charge in [0.05, 0.1) is 23.9 Å². The molecule has 0 saturated heterocycles. The lowest BCUT2D eigenvalue weighted by molar-refractivity contribution is -0.140. The highest BCUT2D eigenvalue weighted by Crippen LogP contribution is 2.45. The Morgan fingerprint density at radius 2 is 1.78 bits per heavy atom. The Bertz CT molecular complexity index is 1790. The maximum absolute atomic E-state index is 15.1. The molecular weight excluding hydrogens is 542 g/mol. The van der Waals surface area contributed by atoms with Crippen LogP contribution < -0.4 is 9.47 Å². The van der Waals surface area contributed by atoms with E-state index in [1.165, 1.54) is 32.6 Å². The van der Waals surface area contributed by atoms with Crippen molar-refractivity contribution in [2.24, 2.45) is 14.1 Å². The van der Waals surface area contributed by atoms with E-state index in [2.05, 4.69) is 15.0 Å². The van der Waals surface area contributed by atoms with E-state index in [1.54, 1.807) is 6.07 Å². The minimum Gasteiger partial charge on any atom is -0.480 e. The molecule has 9 nitrogen and oxygen atoms in total. The summed E-state index contributed by atoms with van der Waals surface area (Å²) in [5.41, 5.74) is 2.97. The lowest BCUT2D eigenvalue weighted by Gasteiger charge is -2.14. The highest BCUT2D eigenvalue weighted by Gasteiger charge is 2.35. The number of alkyl halides is 3. The molecule has 1 aliphatic carbocycles. The Balaban J connectivity index is 1.35. The number of ether oxygens (including phenoxy) is 2. The standard InChI is InChI=1S/C28H25F4N7O2/c1-14-10-38(2)23-21(14)36-24(20-22(16-6-7-16)33-13-34-26(20)40-4)37-27(23)41-12-15-5-8-17(18(29)9-15)25-35-19(11-39(25)3)28(30,31)32/h5,8-11,13,16H,6-7,12H2,1-4H3. The van der Waals surface area contributed by atoms with Gasteiger partial charge in [0.2, 0.25) is 11.8 Å². The molecule has 4 aromatic heterocycles. The minimum absolute atomic E-state index is 0.0553. The lowest BCUT2D eigenvalue weighted by Crippen LogP contribution is -2.06. The summed E-state index contributed by atoms with van der Waals surface area (Å²) in [6.07, 6.45) is 1.57. The fourth-order valence-electron chi connectivity index (χ4n) is 4.90. The zero-order valence-electron chi connectivity index (χ0n) is 22.6. The average Bonchev–Trinajstić information content (AvgIpc) is 3.64. The van der Waals surface area contributed by atoms with E-state index < -0.39 is 17.7 Å². The zero-order valence-corrected chi connectivity index (χ0v) is 22.6. The summed E-state index contributed by atoms with van der Waals surface area (Å²) in [5.74, 6) is 0.414. The molecule has 0 spiro atoms. The van der Waals surface area contributed by atoms with Gasteiger partial charge in [0.25, 0.3) is 0 Å². The molecule has 5 aromatic rings. The number of aromatic nitrogens is 7. The molecule has 0 bridgehead atoms. The van der Waals surface area contributed by atoms with Crippen LogP contribution in [0.2, 0.25) is 0 Å². The van der Waals surface area contributed by atoms with Crippen molar-refractivity contribution in [3.63, 3.8) is 0 Å². The Labute approximate surface area is 231 Å². The van der Waals surface area contributed by atoms with Crippen LogP contribution in [-0.4, -0.2) is 41.2 Å². The Morgan fingerprint density at radius 1 is 1.00 bits per heavy atom. The Morgan fingerprint density at radius 3 is 2.44 bits per heavy atom. The van der Waals surface area contributed by atoms with Crippen LogP contribution in [0.1, 0.15) is 41.3 Å². The van der Waals surface area contributed by atoms with Gasteiger partial charge in [-0.25, -0.2) is 24.3 Å². The number of fused-ring (bicyclic) bond motifs is 1. The molecule has 41 heavy (non-hydrogen) atoms. The number of imidazole rings is 1. The summed E-state index contributed by atoms with van der Waals surface area (Å²) < 4.78 is 69.1. The summed E-state index contributed by atoms with van der Waals surface area (Å²) in [7, 11) is 4.76. The van der Waals surface area contributed by atoms with Crippen molar-refractivity contribution in [1.29, 1.82) is 0 Å². The van der Waals surface area contributed by atoms with Gasteiger partial charge in [-0.2, -0.15) is 18.2 Å². The van der Waals surface area contributed by atoms with Crippen molar-refractivity contribution < 1.29 is 27.0 Å².